The van der Waals surface area contributed by atoms with Crippen molar-refractivity contribution in [1.82, 2.24) is 0 Å². The summed E-state index contributed by atoms with van der Waals surface area (Å²) in [5.41, 5.74) is -0.627. The molecule has 0 spiro atoms. The Hall–Kier alpha value is -1.52. The zero-order valence-electron chi connectivity index (χ0n) is 17.9. The summed E-state index contributed by atoms with van der Waals surface area (Å²) in [4.78, 5) is 49.8. The summed E-state index contributed by atoms with van der Waals surface area (Å²) in [6.07, 6.45) is 5.08. The first-order valence-electron chi connectivity index (χ1n) is 11.4. The first kappa shape index (κ1) is 20.7. The largest absolute Gasteiger partial charge is 0.550 e. The van der Waals surface area contributed by atoms with Gasteiger partial charge in [-0.25, -0.2) is 0 Å². The lowest BCUT2D eigenvalue weighted by molar-refractivity contribution is -0.306. The van der Waals surface area contributed by atoms with Crippen LogP contribution in [0.1, 0.15) is 78.6 Å². The number of aliphatic carboxylic acids is 1. The lowest BCUT2D eigenvalue weighted by Gasteiger charge is -2.58. The predicted octanol–water partition coefficient (Wildman–Crippen LogP) is 2.74. The predicted molar refractivity (Wildman–Crippen MR) is 104 cm³/mol. The molecule has 0 aromatic carbocycles. The second kappa shape index (κ2) is 7.02. The van der Waals surface area contributed by atoms with Gasteiger partial charge in [-0.1, -0.05) is 20.8 Å². The Morgan fingerprint density at radius 3 is 2.52 bits per heavy atom. The minimum Gasteiger partial charge on any atom is -0.550 e. The van der Waals surface area contributed by atoms with Crippen molar-refractivity contribution in [1.29, 1.82) is 0 Å². The van der Waals surface area contributed by atoms with E-state index in [0.717, 1.165) is 19.3 Å². The Kier molecular flexibility index (Phi) is 5.02. The lowest BCUT2D eigenvalue weighted by atomic mass is 9.44. The first-order valence-corrected chi connectivity index (χ1v) is 11.4. The molecule has 0 aromatic heterocycles. The lowest BCUT2D eigenvalue weighted by Crippen LogP contribution is -2.60. The molecule has 0 saturated heterocycles. The van der Waals surface area contributed by atoms with Gasteiger partial charge in [0.25, 0.3) is 0 Å². The van der Waals surface area contributed by atoms with E-state index in [0.29, 0.717) is 32.1 Å². The van der Waals surface area contributed by atoms with Gasteiger partial charge in [0.2, 0.25) is 0 Å². The molecule has 29 heavy (non-hydrogen) atoms. The number of rotatable bonds is 4. The van der Waals surface area contributed by atoms with Crippen molar-refractivity contribution < 1.29 is 24.3 Å². The highest BCUT2D eigenvalue weighted by Gasteiger charge is 2.66. The van der Waals surface area contributed by atoms with Gasteiger partial charge in [-0.3, -0.25) is 14.4 Å². The van der Waals surface area contributed by atoms with Gasteiger partial charge in [-0.15, -0.1) is 0 Å². The quantitative estimate of drug-likeness (QED) is 0.722. The number of hydrogen-bond acceptors (Lipinski definition) is 5. The van der Waals surface area contributed by atoms with E-state index in [1.165, 1.54) is 0 Å². The van der Waals surface area contributed by atoms with E-state index in [-0.39, 0.29) is 64.7 Å². The minimum atomic E-state index is -1.04. The van der Waals surface area contributed by atoms with Gasteiger partial charge >= 0.3 is 0 Å². The summed E-state index contributed by atoms with van der Waals surface area (Å²) < 4.78 is 0. The number of Topliss-reactive ketones (excluding diaryl/α,β-unsaturated/α-hetero) is 3. The van der Waals surface area contributed by atoms with E-state index in [9.17, 15) is 24.3 Å². The van der Waals surface area contributed by atoms with Gasteiger partial charge in [0, 0.05) is 43.0 Å². The Bertz CT molecular complexity index is 756. The minimum absolute atomic E-state index is 0.0192. The molecular weight excluding hydrogens is 368 g/mol. The number of carbonyl (C=O) groups excluding carboxylic acids is 4. The van der Waals surface area contributed by atoms with Crippen LogP contribution in [0.2, 0.25) is 0 Å². The fourth-order valence-corrected chi connectivity index (χ4v) is 7.94. The van der Waals surface area contributed by atoms with Crippen LogP contribution in [0.3, 0.4) is 0 Å². The van der Waals surface area contributed by atoms with Crippen molar-refractivity contribution >= 4 is 23.3 Å². The van der Waals surface area contributed by atoms with E-state index >= 15 is 0 Å². The maximum absolute atomic E-state index is 13.6. The number of fused-ring (bicyclic) bond motifs is 5. The van der Waals surface area contributed by atoms with Crippen molar-refractivity contribution in [3.8, 4) is 0 Å². The van der Waals surface area contributed by atoms with Gasteiger partial charge in [0.05, 0.1) is 0 Å². The second-order valence-corrected chi connectivity index (χ2v) is 10.8. The van der Waals surface area contributed by atoms with Crippen LogP contribution in [0, 0.1) is 46.3 Å². The number of carbonyl (C=O) groups is 4. The summed E-state index contributed by atoms with van der Waals surface area (Å²) in [5.74, 6) is 0.130. The van der Waals surface area contributed by atoms with E-state index in [1.54, 1.807) is 0 Å². The maximum atomic E-state index is 13.6. The standard InChI is InChI=1S/C24H34O5/c1-13(4-7-21(28)29)16-5-6-17-22-18(12-20(27)24(16,17)3)23(2)9-8-15(25)10-14(23)11-19(22)26/h13-14,16-18,22H,4-12H2,1-3H3,(H,28,29)/p-1/t13-,14+,16+,17-,18-,22+,23+,24-/m1/s1. The molecule has 0 amide bonds. The highest BCUT2D eigenvalue weighted by atomic mass is 16.4. The number of ketones is 3. The van der Waals surface area contributed by atoms with Crippen LogP contribution in [-0.2, 0) is 19.2 Å². The summed E-state index contributed by atoms with van der Waals surface area (Å²) in [6, 6.07) is 0. The molecule has 160 valence electrons. The molecule has 5 nitrogen and oxygen atoms in total. The van der Waals surface area contributed by atoms with Crippen LogP contribution < -0.4 is 5.11 Å². The highest BCUT2D eigenvalue weighted by Crippen LogP contribution is 2.66. The normalized spacial score (nSPS) is 45.3. The van der Waals surface area contributed by atoms with Gasteiger partial charge < -0.3 is 9.90 Å². The Morgan fingerprint density at radius 2 is 1.83 bits per heavy atom. The fraction of sp³-hybridized carbons (Fsp3) is 0.833. The molecule has 0 unspecified atom stereocenters. The Labute approximate surface area is 173 Å². The molecule has 0 aromatic rings. The van der Waals surface area contributed by atoms with Crippen LogP contribution >= 0.6 is 0 Å². The Morgan fingerprint density at radius 1 is 1.10 bits per heavy atom. The van der Waals surface area contributed by atoms with E-state index in [4.69, 9.17) is 0 Å². The second-order valence-electron chi connectivity index (χ2n) is 10.8. The molecule has 0 radical (unpaired) electrons. The number of carboxylic acid groups (broad SMARTS) is 1. The third kappa shape index (κ3) is 3.02. The molecule has 0 heterocycles. The van der Waals surface area contributed by atoms with Crippen LogP contribution in [0.15, 0.2) is 0 Å². The van der Waals surface area contributed by atoms with Crippen LogP contribution in [-0.4, -0.2) is 23.3 Å². The zero-order valence-corrected chi connectivity index (χ0v) is 17.9. The van der Waals surface area contributed by atoms with Crippen LogP contribution in [0.5, 0.6) is 0 Å². The molecule has 4 saturated carbocycles. The van der Waals surface area contributed by atoms with Crippen molar-refractivity contribution in [3.63, 3.8) is 0 Å². The highest BCUT2D eigenvalue weighted by molar-refractivity contribution is 5.93. The van der Waals surface area contributed by atoms with Crippen molar-refractivity contribution in [2.24, 2.45) is 46.3 Å². The van der Waals surface area contributed by atoms with Crippen LogP contribution in [0.25, 0.3) is 0 Å². The fourth-order valence-electron chi connectivity index (χ4n) is 7.94. The van der Waals surface area contributed by atoms with Crippen molar-refractivity contribution in [2.75, 3.05) is 0 Å². The van der Waals surface area contributed by atoms with Crippen molar-refractivity contribution in [3.05, 3.63) is 0 Å². The topological polar surface area (TPSA) is 91.3 Å². The third-order valence-electron chi connectivity index (χ3n) is 9.71. The number of hydrogen-bond donors (Lipinski definition) is 0. The molecule has 4 aliphatic carbocycles. The first-order chi connectivity index (χ1) is 13.6. The van der Waals surface area contributed by atoms with E-state index in [2.05, 4.69) is 13.8 Å². The Balaban J connectivity index is 1.63. The van der Waals surface area contributed by atoms with Crippen molar-refractivity contribution in [2.45, 2.75) is 78.6 Å². The summed E-state index contributed by atoms with van der Waals surface area (Å²) in [7, 11) is 0. The monoisotopic (exact) mass is 401 g/mol. The van der Waals surface area contributed by atoms with Gasteiger partial charge in [0.1, 0.15) is 17.3 Å². The van der Waals surface area contributed by atoms with Gasteiger partial charge in [-0.05, 0) is 67.1 Å². The van der Waals surface area contributed by atoms with E-state index < -0.39 is 11.4 Å². The van der Waals surface area contributed by atoms with Gasteiger partial charge in [0.15, 0.2) is 0 Å². The third-order valence-corrected chi connectivity index (χ3v) is 9.71. The maximum Gasteiger partial charge on any atom is 0.139 e. The molecule has 4 rings (SSSR count). The molecule has 0 aliphatic heterocycles. The molecule has 8 atom stereocenters. The average Bonchev–Trinajstić information content (AvgIpc) is 3.01. The molecule has 0 N–H and O–H groups in total. The zero-order chi connectivity index (χ0) is 21.1. The van der Waals surface area contributed by atoms with Crippen LogP contribution in [0.4, 0.5) is 0 Å². The summed E-state index contributed by atoms with van der Waals surface area (Å²) in [5, 5.41) is 10.9. The molecular formula is C24H33O5-. The summed E-state index contributed by atoms with van der Waals surface area (Å²) >= 11 is 0. The molecule has 4 fully saturated rings. The number of carboxylic acids is 1. The SMILES string of the molecule is C[C@H](CCC(=O)[O-])[C@@H]1CC[C@@H]2[C@@H]3C(=O)C[C@@H]4CC(=O)CC[C@]4(C)[C@@H]3CC(=O)[C@@]21C. The average molecular weight is 402 g/mol. The summed E-state index contributed by atoms with van der Waals surface area (Å²) in [6.45, 7) is 6.32. The smallest absolute Gasteiger partial charge is 0.139 e. The molecule has 0 bridgehead atoms. The molecule has 4 aliphatic rings. The van der Waals surface area contributed by atoms with E-state index in [1.807, 2.05) is 6.92 Å². The van der Waals surface area contributed by atoms with Gasteiger partial charge in [-0.2, -0.15) is 0 Å². The molecule has 5 heteroatoms.